The highest BCUT2D eigenvalue weighted by molar-refractivity contribution is 5.34. The average molecular weight is 311 g/mol. The topological polar surface area (TPSA) is 21.3 Å². The van der Waals surface area contributed by atoms with Gasteiger partial charge in [0, 0.05) is 5.56 Å². The number of alkyl halides is 4. The van der Waals surface area contributed by atoms with Crippen molar-refractivity contribution in [1.82, 2.24) is 5.32 Å². The van der Waals surface area contributed by atoms with Crippen LogP contribution in [0, 0.1) is 19.7 Å². The molecule has 1 atom stereocenters. The smallest absolute Gasteiger partial charge is 0.330 e. The number of nitrogens with one attached hydrogen (secondary N) is 1. The summed E-state index contributed by atoms with van der Waals surface area (Å²) in [6.45, 7) is 1.67. The lowest BCUT2D eigenvalue weighted by molar-refractivity contribution is -0.167. The zero-order chi connectivity index (χ0) is 16.2. The lowest BCUT2D eigenvalue weighted by atomic mass is 9.99. The summed E-state index contributed by atoms with van der Waals surface area (Å²) in [7, 11) is 1.51. The molecule has 21 heavy (non-hydrogen) atoms. The molecule has 0 radical (unpaired) electrons. The second-order valence-corrected chi connectivity index (χ2v) is 4.90. The van der Waals surface area contributed by atoms with Gasteiger partial charge in [0.25, 0.3) is 0 Å². The van der Waals surface area contributed by atoms with E-state index >= 15 is 0 Å². The molecular weight excluding hydrogens is 293 g/mol. The molecule has 1 unspecified atom stereocenters. The number of hydrogen-bond acceptors (Lipinski definition) is 2. The highest BCUT2D eigenvalue weighted by Crippen LogP contribution is 2.26. The van der Waals surface area contributed by atoms with Crippen LogP contribution in [0.2, 0.25) is 0 Å². The van der Waals surface area contributed by atoms with Crippen molar-refractivity contribution in [3.05, 3.63) is 34.6 Å². The van der Waals surface area contributed by atoms with Gasteiger partial charge in [0.05, 0.1) is 12.6 Å². The van der Waals surface area contributed by atoms with Crippen molar-refractivity contribution in [2.75, 3.05) is 20.3 Å². The normalized spacial score (nSPS) is 13.8. The van der Waals surface area contributed by atoms with Crippen LogP contribution in [-0.2, 0) is 4.74 Å². The fourth-order valence-electron chi connectivity index (χ4n) is 2.06. The zero-order valence-corrected chi connectivity index (χ0v) is 12.0. The lowest BCUT2D eigenvalue weighted by Crippen LogP contribution is -2.34. The van der Waals surface area contributed by atoms with Crippen molar-refractivity contribution in [1.29, 1.82) is 0 Å². The van der Waals surface area contributed by atoms with Gasteiger partial charge in [0.1, 0.15) is 12.4 Å². The Balaban J connectivity index is 2.77. The van der Waals surface area contributed by atoms with Gasteiger partial charge in [-0.05, 0) is 38.1 Å². The first-order valence-electron chi connectivity index (χ1n) is 6.36. The van der Waals surface area contributed by atoms with Crippen molar-refractivity contribution in [2.45, 2.75) is 32.2 Å². The van der Waals surface area contributed by atoms with Gasteiger partial charge in [-0.25, -0.2) is 13.2 Å². The highest BCUT2D eigenvalue weighted by Gasteiger charge is 2.41. The van der Waals surface area contributed by atoms with Gasteiger partial charge in [0.15, 0.2) is 0 Å². The third-order valence-corrected chi connectivity index (χ3v) is 3.08. The van der Waals surface area contributed by atoms with E-state index < -0.39 is 30.8 Å². The summed E-state index contributed by atoms with van der Waals surface area (Å²) in [6.07, 6.45) is -3.79. The van der Waals surface area contributed by atoms with E-state index in [4.69, 9.17) is 0 Å². The van der Waals surface area contributed by atoms with Crippen LogP contribution in [-0.4, -0.2) is 32.6 Å². The van der Waals surface area contributed by atoms with E-state index in [0.717, 1.165) is 5.56 Å². The predicted molar refractivity (Wildman–Crippen MR) is 69.4 cm³/mol. The number of hydrogen-bond donors (Lipinski definition) is 1. The number of aryl methyl sites for hydroxylation is 2. The number of halogens is 5. The fraction of sp³-hybridized carbons (Fsp3) is 0.571. The molecule has 0 fully saturated rings. The maximum atomic E-state index is 14.0. The molecule has 1 aromatic rings. The summed E-state index contributed by atoms with van der Waals surface area (Å²) in [6, 6.07) is 2.37. The van der Waals surface area contributed by atoms with Gasteiger partial charge in [-0.1, -0.05) is 6.07 Å². The van der Waals surface area contributed by atoms with Crippen molar-refractivity contribution in [3.63, 3.8) is 0 Å². The minimum atomic E-state index is -4.21. The molecular formula is C14H18F5NO. The van der Waals surface area contributed by atoms with Crippen LogP contribution in [0.4, 0.5) is 22.0 Å². The summed E-state index contributed by atoms with van der Waals surface area (Å²) in [5.74, 6) is -4.70. The van der Waals surface area contributed by atoms with Crippen LogP contribution >= 0.6 is 0 Å². The van der Waals surface area contributed by atoms with Gasteiger partial charge >= 0.3 is 12.3 Å². The standard InChI is InChI=1S/C14H18F5NO/c1-8-4-9(2)12(10(15)5-8)11(20-3)6-21-7-14(18,19)13(16)17/h4-5,11,13,20H,6-7H2,1-3H3. The summed E-state index contributed by atoms with van der Waals surface area (Å²) < 4.78 is 68.1. The molecule has 0 heterocycles. The van der Waals surface area contributed by atoms with Gasteiger partial charge in [-0.2, -0.15) is 8.78 Å². The maximum Gasteiger partial charge on any atom is 0.330 e. The van der Waals surface area contributed by atoms with Crippen molar-refractivity contribution in [2.24, 2.45) is 0 Å². The highest BCUT2D eigenvalue weighted by atomic mass is 19.3. The number of likely N-dealkylation sites (N-methyl/N-ethyl adjacent to an activating group) is 1. The summed E-state index contributed by atoms with van der Waals surface area (Å²) in [4.78, 5) is 0. The summed E-state index contributed by atoms with van der Waals surface area (Å²) in [5, 5.41) is 2.74. The van der Waals surface area contributed by atoms with E-state index in [2.05, 4.69) is 10.1 Å². The van der Waals surface area contributed by atoms with E-state index in [1.54, 1.807) is 19.9 Å². The largest absolute Gasteiger partial charge is 0.373 e. The summed E-state index contributed by atoms with van der Waals surface area (Å²) in [5.41, 5.74) is 1.65. The third kappa shape index (κ3) is 4.64. The molecule has 0 saturated heterocycles. The van der Waals surface area contributed by atoms with Crippen LogP contribution in [0.15, 0.2) is 12.1 Å². The van der Waals surface area contributed by atoms with E-state index in [0.29, 0.717) is 5.56 Å². The van der Waals surface area contributed by atoms with Crippen LogP contribution in [0.1, 0.15) is 22.7 Å². The molecule has 0 spiro atoms. The van der Waals surface area contributed by atoms with Crippen LogP contribution in [0.25, 0.3) is 0 Å². The van der Waals surface area contributed by atoms with E-state index in [9.17, 15) is 22.0 Å². The van der Waals surface area contributed by atoms with Gasteiger partial charge in [-0.3, -0.25) is 0 Å². The maximum absolute atomic E-state index is 14.0. The number of ether oxygens (including phenoxy) is 1. The van der Waals surface area contributed by atoms with Gasteiger partial charge < -0.3 is 10.1 Å². The first-order valence-corrected chi connectivity index (χ1v) is 6.36. The fourth-order valence-corrected chi connectivity index (χ4v) is 2.06. The Hall–Kier alpha value is -1.21. The molecule has 0 aliphatic rings. The van der Waals surface area contributed by atoms with Gasteiger partial charge in [-0.15, -0.1) is 0 Å². The molecule has 0 aromatic heterocycles. The van der Waals surface area contributed by atoms with E-state index in [1.165, 1.54) is 13.1 Å². The van der Waals surface area contributed by atoms with Crippen molar-refractivity contribution < 1.29 is 26.7 Å². The first kappa shape index (κ1) is 17.8. The second-order valence-electron chi connectivity index (χ2n) is 4.90. The van der Waals surface area contributed by atoms with Crippen LogP contribution in [0.3, 0.4) is 0 Å². The quantitative estimate of drug-likeness (QED) is 0.777. The minimum Gasteiger partial charge on any atom is -0.373 e. The zero-order valence-electron chi connectivity index (χ0n) is 12.0. The van der Waals surface area contributed by atoms with E-state index in [1.807, 2.05) is 0 Å². The Morgan fingerprint density at radius 2 is 1.86 bits per heavy atom. The number of benzene rings is 1. The molecule has 0 amide bonds. The molecule has 0 saturated carbocycles. The minimum absolute atomic E-state index is 0.281. The second kappa shape index (κ2) is 7.17. The first-order chi connectivity index (χ1) is 9.69. The Labute approximate surface area is 120 Å². The molecule has 0 aliphatic heterocycles. The molecule has 2 nitrogen and oxygen atoms in total. The Kier molecular flexibility index (Phi) is 6.10. The molecule has 0 bridgehead atoms. The van der Waals surface area contributed by atoms with Crippen LogP contribution in [0.5, 0.6) is 0 Å². The molecule has 1 N–H and O–H groups in total. The molecule has 0 aliphatic carbocycles. The Bertz CT molecular complexity index is 455. The third-order valence-electron chi connectivity index (χ3n) is 3.08. The number of rotatable bonds is 7. The van der Waals surface area contributed by atoms with Gasteiger partial charge in [0.2, 0.25) is 0 Å². The average Bonchev–Trinajstić information content (AvgIpc) is 2.35. The Morgan fingerprint density at radius 3 is 2.33 bits per heavy atom. The molecule has 1 rings (SSSR count). The molecule has 120 valence electrons. The molecule has 7 heteroatoms. The monoisotopic (exact) mass is 311 g/mol. The van der Waals surface area contributed by atoms with Crippen LogP contribution < -0.4 is 5.32 Å². The SMILES string of the molecule is CNC(COCC(F)(F)C(F)F)c1c(C)cc(C)cc1F. The Morgan fingerprint density at radius 1 is 1.24 bits per heavy atom. The van der Waals surface area contributed by atoms with Crippen molar-refractivity contribution in [3.8, 4) is 0 Å². The van der Waals surface area contributed by atoms with E-state index in [-0.39, 0.29) is 12.2 Å². The summed E-state index contributed by atoms with van der Waals surface area (Å²) >= 11 is 0. The van der Waals surface area contributed by atoms with Crippen molar-refractivity contribution >= 4 is 0 Å². The molecule has 1 aromatic carbocycles. The predicted octanol–water partition coefficient (Wildman–Crippen LogP) is 3.62. The lowest BCUT2D eigenvalue weighted by Gasteiger charge is -2.22.